The number of alkyl carbamates (subject to hydrolysis) is 1. The zero-order chi connectivity index (χ0) is 20.4. The van der Waals surface area contributed by atoms with Crippen molar-refractivity contribution in [3.8, 4) is 0 Å². The van der Waals surface area contributed by atoms with Crippen LogP contribution in [0, 0.1) is 5.92 Å². The van der Waals surface area contributed by atoms with Crippen LogP contribution in [0.15, 0.2) is 24.3 Å². The Kier molecular flexibility index (Phi) is 5.93. The van der Waals surface area contributed by atoms with Crippen LogP contribution in [-0.4, -0.2) is 65.6 Å². The number of carbonyl (C=O) groups excluding carboxylic acids is 4. The van der Waals surface area contributed by atoms with E-state index in [9.17, 15) is 19.2 Å². The normalized spacial score (nSPS) is 22.2. The molecule has 0 saturated carbocycles. The lowest BCUT2D eigenvalue weighted by molar-refractivity contribution is -0.155. The largest absolute Gasteiger partial charge is 0.458 e. The first-order chi connectivity index (χ1) is 13.3. The summed E-state index contributed by atoms with van der Waals surface area (Å²) in [5.74, 6) is -0.910. The molecule has 0 unspecified atom stereocenters. The summed E-state index contributed by atoms with van der Waals surface area (Å²) in [5, 5.41) is 2.65. The van der Waals surface area contributed by atoms with E-state index in [-0.39, 0.29) is 17.0 Å². The molecule has 150 valence electrons. The number of nitrogens with one attached hydrogen (secondary N) is 1. The topological polar surface area (TPSA) is 102 Å². The standard InChI is InChI=1S/C19H22N2O6S/c1-10(2)15(21-16(22)11-6-4-5-7-12(11)17(21)23)18(24)27-14-9-28-8-13(14)20-19(25)26-3/h4-7,10,13-15H,8-9H2,1-3H3,(H,20,25)/t13-,14-,15-/m0/s1. The SMILES string of the molecule is COC(=O)N[C@H]1CSC[C@@H]1OC(=O)[C@H](C(C)C)N1C(=O)c2ccccc2C1=O. The molecule has 0 aromatic heterocycles. The molecule has 1 N–H and O–H groups in total. The number of fused-ring (bicyclic) bond motifs is 1. The van der Waals surface area contributed by atoms with Crippen LogP contribution >= 0.6 is 11.8 Å². The highest BCUT2D eigenvalue weighted by Crippen LogP contribution is 2.29. The van der Waals surface area contributed by atoms with Crippen LogP contribution in [0.3, 0.4) is 0 Å². The Morgan fingerprint density at radius 3 is 2.29 bits per heavy atom. The number of carbonyl (C=O) groups is 4. The summed E-state index contributed by atoms with van der Waals surface area (Å²) < 4.78 is 10.2. The van der Waals surface area contributed by atoms with E-state index in [0.717, 1.165) is 4.90 Å². The average molecular weight is 406 g/mol. The van der Waals surface area contributed by atoms with E-state index in [2.05, 4.69) is 10.1 Å². The highest BCUT2D eigenvalue weighted by atomic mass is 32.2. The molecule has 0 bridgehead atoms. The fraction of sp³-hybridized carbons (Fsp3) is 0.474. The third kappa shape index (κ3) is 3.71. The quantitative estimate of drug-likeness (QED) is 0.586. The van der Waals surface area contributed by atoms with E-state index < -0.39 is 42.1 Å². The zero-order valence-electron chi connectivity index (χ0n) is 15.8. The van der Waals surface area contributed by atoms with Crippen molar-refractivity contribution < 1.29 is 28.7 Å². The predicted molar refractivity (Wildman–Crippen MR) is 102 cm³/mol. The number of esters is 1. The van der Waals surface area contributed by atoms with Gasteiger partial charge in [-0.25, -0.2) is 9.59 Å². The third-order valence-electron chi connectivity index (χ3n) is 4.76. The van der Waals surface area contributed by atoms with Crippen LogP contribution in [0.2, 0.25) is 0 Å². The Bertz CT molecular complexity index is 776. The first-order valence-electron chi connectivity index (χ1n) is 8.94. The summed E-state index contributed by atoms with van der Waals surface area (Å²) in [7, 11) is 1.26. The molecule has 3 atom stereocenters. The number of imide groups is 1. The molecule has 1 aromatic carbocycles. The minimum absolute atomic E-state index is 0.285. The molecule has 0 aliphatic carbocycles. The molecular formula is C19H22N2O6S. The van der Waals surface area contributed by atoms with Gasteiger partial charge in [0, 0.05) is 11.5 Å². The summed E-state index contributed by atoms with van der Waals surface area (Å²) in [6.07, 6.45) is -1.16. The van der Waals surface area contributed by atoms with Gasteiger partial charge in [-0.15, -0.1) is 0 Å². The van der Waals surface area contributed by atoms with E-state index >= 15 is 0 Å². The van der Waals surface area contributed by atoms with Crippen molar-refractivity contribution in [1.29, 1.82) is 0 Å². The Hall–Kier alpha value is -2.55. The smallest absolute Gasteiger partial charge is 0.407 e. The van der Waals surface area contributed by atoms with Crippen molar-refractivity contribution >= 4 is 35.6 Å². The molecule has 3 rings (SSSR count). The lowest BCUT2D eigenvalue weighted by Gasteiger charge is -2.29. The molecular weight excluding hydrogens is 384 g/mol. The third-order valence-corrected chi connectivity index (χ3v) is 5.92. The van der Waals surface area contributed by atoms with E-state index in [1.165, 1.54) is 18.9 Å². The maximum atomic E-state index is 12.9. The van der Waals surface area contributed by atoms with Gasteiger partial charge >= 0.3 is 12.1 Å². The maximum Gasteiger partial charge on any atom is 0.407 e. The number of thioether (sulfide) groups is 1. The molecule has 2 aliphatic rings. The number of ether oxygens (including phenoxy) is 2. The van der Waals surface area contributed by atoms with Gasteiger partial charge < -0.3 is 14.8 Å². The summed E-state index contributed by atoms with van der Waals surface area (Å²) in [6, 6.07) is 5.06. The molecule has 2 aliphatic heterocycles. The van der Waals surface area contributed by atoms with Crippen LogP contribution in [0.4, 0.5) is 4.79 Å². The molecule has 0 spiro atoms. The highest BCUT2D eigenvalue weighted by Gasteiger charge is 2.46. The van der Waals surface area contributed by atoms with Crippen LogP contribution in [0.25, 0.3) is 0 Å². The number of nitrogens with zero attached hydrogens (tertiary/aromatic N) is 1. The minimum Gasteiger partial charge on any atom is -0.458 e. The van der Waals surface area contributed by atoms with E-state index in [1.54, 1.807) is 38.1 Å². The van der Waals surface area contributed by atoms with Crippen LogP contribution in [0.5, 0.6) is 0 Å². The number of hydrogen-bond acceptors (Lipinski definition) is 7. The van der Waals surface area contributed by atoms with Crippen molar-refractivity contribution in [3.63, 3.8) is 0 Å². The van der Waals surface area contributed by atoms with Crippen molar-refractivity contribution in [1.82, 2.24) is 10.2 Å². The van der Waals surface area contributed by atoms with Gasteiger partial charge in [0.1, 0.15) is 12.1 Å². The van der Waals surface area contributed by atoms with Gasteiger partial charge in [-0.3, -0.25) is 14.5 Å². The Balaban J connectivity index is 1.78. The molecule has 1 fully saturated rings. The lowest BCUT2D eigenvalue weighted by Crippen LogP contribution is -2.51. The van der Waals surface area contributed by atoms with Crippen molar-refractivity contribution in [3.05, 3.63) is 35.4 Å². The molecule has 3 amide bonds. The van der Waals surface area contributed by atoms with Crippen molar-refractivity contribution in [2.24, 2.45) is 5.92 Å². The molecule has 8 nitrogen and oxygen atoms in total. The number of benzene rings is 1. The number of hydrogen-bond donors (Lipinski definition) is 1. The zero-order valence-corrected chi connectivity index (χ0v) is 16.7. The summed E-state index contributed by atoms with van der Waals surface area (Å²) in [4.78, 5) is 50.9. The monoisotopic (exact) mass is 406 g/mol. The molecule has 2 heterocycles. The summed E-state index contributed by atoms with van der Waals surface area (Å²) >= 11 is 1.53. The fourth-order valence-electron chi connectivity index (χ4n) is 3.35. The Morgan fingerprint density at radius 2 is 1.75 bits per heavy atom. The lowest BCUT2D eigenvalue weighted by atomic mass is 10.0. The van der Waals surface area contributed by atoms with Gasteiger partial charge in [0.2, 0.25) is 0 Å². The minimum atomic E-state index is -1.04. The second-order valence-electron chi connectivity index (χ2n) is 6.97. The highest BCUT2D eigenvalue weighted by molar-refractivity contribution is 7.99. The first-order valence-corrected chi connectivity index (χ1v) is 10.1. The molecule has 0 radical (unpaired) electrons. The second kappa shape index (κ2) is 8.22. The number of rotatable bonds is 5. The van der Waals surface area contributed by atoms with Gasteiger partial charge in [-0.05, 0) is 18.1 Å². The maximum absolute atomic E-state index is 12.9. The van der Waals surface area contributed by atoms with Gasteiger partial charge in [0.15, 0.2) is 0 Å². The summed E-state index contributed by atoms with van der Waals surface area (Å²) in [5.41, 5.74) is 0.570. The van der Waals surface area contributed by atoms with Gasteiger partial charge in [-0.2, -0.15) is 11.8 Å². The van der Waals surface area contributed by atoms with E-state index in [0.29, 0.717) is 11.5 Å². The Morgan fingerprint density at radius 1 is 1.14 bits per heavy atom. The molecule has 1 saturated heterocycles. The number of amides is 3. The molecule has 9 heteroatoms. The van der Waals surface area contributed by atoms with Crippen LogP contribution < -0.4 is 5.32 Å². The average Bonchev–Trinajstić information content (AvgIpc) is 3.19. The Labute approximate surface area is 166 Å². The molecule has 1 aromatic rings. The summed E-state index contributed by atoms with van der Waals surface area (Å²) in [6.45, 7) is 3.51. The van der Waals surface area contributed by atoms with Crippen LogP contribution in [0.1, 0.15) is 34.6 Å². The fourth-order valence-corrected chi connectivity index (χ4v) is 4.57. The van der Waals surface area contributed by atoms with Gasteiger partial charge in [-0.1, -0.05) is 26.0 Å². The first kappa shape index (κ1) is 20.2. The van der Waals surface area contributed by atoms with E-state index in [1.807, 2.05) is 0 Å². The van der Waals surface area contributed by atoms with Crippen molar-refractivity contribution in [2.45, 2.75) is 32.0 Å². The predicted octanol–water partition coefficient (Wildman–Crippen LogP) is 1.69. The second-order valence-corrected chi connectivity index (χ2v) is 8.04. The number of methoxy groups -OCH3 is 1. The molecule has 28 heavy (non-hydrogen) atoms. The van der Waals surface area contributed by atoms with Gasteiger partial charge in [0.05, 0.1) is 24.3 Å². The van der Waals surface area contributed by atoms with Gasteiger partial charge in [0.25, 0.3) is 11.8 Å². The van der Waals surface area contributed by atoms with E-state index in [4.69, 9.17) is 4.74 Å². The van der Waals surface area contributed by atoms with Crippen LogP contribution in [-0.2, 0) is 14.3 Å². The van der Waals surface area contributed by atoms with Crippen molar-refractivity contribution in [2.75, 3.05) is 18.6 Å².